The van der Waals surface area contributed by atoms with Crippen LogP contribution >= 0.6 is 11.6 Å². The predicted octanol–water partition coefficient (Wildman–Crippen LogP) is 2.81. The van der Waals surface area contributed by atoms with Crippen LogP contribution < -0.4 is 5.32 Å². The van der Waals surface area contributed by atoms with Gasteiger partial charge >= 0.3 is 0 Å². The molecular weight excluding hydrogens is 226 g/mol. The summed E-state index contributed by atoms with van der Waals surface area (Å²) in [6, 6.07) is 8.95. The summed E-state index contributed by atoms with van der Waals surface area (Å²) in [6.07, 6.45) is 1.50. The molecule has 0 saturated carbocycles. The molecule has 2 rings (SSSR count). The maximum Gasteiger partial charge on any atom is 0.124 e. The number of nitriles is 1. The quantitative estimate of drug-likeness (QED) is 0.886. The molecule has 1 aromatic carbocycles. The fourth-order valence-corrected chi connectivity index (χ4v) is 1.45. The van der Waals surface area contributed by atoms with Crippen LogP contribution in [0.4, 0.5) is 5.69 Å². The Morgan fingerprint density at radius 3 is 3.00 bits per heavy atom. The van der Waals surface area contributed by atoms with Gasteiger partial charge in [0.1, 0.15) is 18.0 Å². The zero-order chi connectivity index (χ0) is 11.4. The number of anilines is 1. The standard InChI is InChI=1S/C11H8ClN3O/c12-9-1-2-11(8(5-9)6-13)14-7-10-3-4-16-15-10/h1-5,14H,7H2. The summed E-state index contributed by atoms with van der Waals surface area (Å²) in [5, 5.41) is 16.3. The van der Waals surface area contributed by atoms with Gasteiger partial charge in [-0.15, -0.1) is 0 Å². The van der Waals surface area contributed by atoms with Gasteiger partial charge < -0.3 is 9.84 Å². The number of rotatable bonds is 3. The molecular formula is C11H8ClN3O. The predicted molar refractivity (Wildman–Crippen MR) is 60.0 cm³/mol. The molecule has 0 aliphatic carbocycles. The van der Waals surface area contributed by atoms with E-state index in [0.717, 1.165) is 11.4 Å². The van der Waals surface area contributed by atoms with Crippen molar-refractivity contribution in [3.05, 3.63) is 46.8 Å². The van der Waals surface area contributed by atoms with E-state index in [1.54, 1.807) is 24.3 Å². The van der Waals surface area contributed by atoms with Crippen molar-refractivity contribution in [2.75, 3.05) is 5.32 Å². The molecule has 1 N–H and O–H groups in total. The minimum absolute atomic E-state index is 0.507. The topological polar surface area (TPSA) is 61.9 Å². The van der Waals surface area contributed by atoms with E-state index < -0.39 is 0 Å². The number of halogens is 1. The van der Waals surface area contributed by atoms with Crippen molar-refractivity contribution in [1.82, 2.24) is 5.16 Å². The van der Waals surface area contributed by atoms with E-state index in [1.165, 1.54) is 6.26 Å². The first-order valence-electron chi connectivity index (χ1n) is 4.62. The number of aromatic nitrogens is 1. The van der Waals surface area contributed by atoms with Gasteiger partial charge in [-0.3, -0.25) is 0 Å². The lowest BCUT2D eigenvalue weighted by Gasteiger charge is -2.06. The molecule has 2 aromatic rings. The third-order valence-corrected chi connectivity index (χ3v) is 2.29. The summed E-state index contributed by atoms with van der Waals surface area (Å²) in [5.41, 5.74) is 2.02. The number of benzene rings is 1. The smallest absolute Gasteiger partial charge is 0.124 e. The van der Waals surface area contributed by atoms with E-state index in [0.29, 0.717) is 17.1 Å². The van der Waals surface area contributed by atoms with E-state index in [9.17, 15) is 0 Å². The normalized spacial score (nSPS) is 9.75. The average molecular weight is 234 g/mol. The number of hydrogen-bond donors (Lipinski definition) is 1. The monoisotopic (exact) mass is 233 g/mol. The van der Waals surface area contributed by atoms with E-state index in [4.69, 9.17) is 21.4 Å². The molecule has 0 atom stereocenters. The van der Waals surface area contributed by atoms with Crippen molar-refractivity contribution in [1.29, 1.82) is 5.26 Å². The van der Waals surface area contributed by atoms with Crippen LogP contribution in [0, 0.1) is 11.3 Å². The Kier molecular flexibility index (Phi) is 3.08. The van der Waals surface area contributed by atoms with Crippen LogP contribution in [-0.4, -0.2) is 5.16 Å². The van der Waals surface area contributed by atoms with Crippen molar-refractivity contribution in [3.63, 3.8) is 0 Å². The first-order valence-corrected chi connectivity index (χ1v) is 5.00. The molecule has 0 unspecified atom stereocenters. The second kappa shape index (κ2) is 4.69. The Balaban J connectivity index is 2.13. The summed E-state index contributed by atoms with van der Waals surface area (Å²) in [6.45, 7) is 0.507. The van der Waals surface area contributed by atoms with Crippen molar-refractivity contribution in [2.45, 2.75) is 6.54 Å². The first-order chi connectivity index (χ1) is 7.79. The lowest BCUT2D eigenvalue weighted by molar-refractivity contribution is 0.412. The van der Waals surface area contributed by atoms with E-state index >= 15 is 0 Å². The molecule has 1 aromatic heterocycles. The van der Waals surface area contributed by atoms with Gasteiger partial charge in [0.2, 0.25) is 0 Å². The molecule has 5 heteroatoms. The van der Waals surface area contributed by atoms with Gasteiger partial charge in [0.05, 0.1) is 17.8 Å². The zero-order valence-electron chi connectivity index (χ0n) is 8.27. The minimum atomic E-state index is 0.507. The summed E-state index contributed by atoms with van der Waals surface area (Å²) in [4.78, 5) is 0. The SMILES string of the molecule is N#Cc1cc(Cl)ccc1NCc1ccon1. The number of hydrogen-bond acceptors (Lipinski definition) is 4. The molecule has 0 aliphatic heterocycles. The van der Waals surface area contributed by atoms with Crippen LogP contribution in [0.3, 0.4) is 0 Å². The van der Waals surface area contributed by atoms with Crippen molar-refractivity contribution < 1.29 is 4.52 Å². The van der Waals surface area contributed by atoms with Gasteiger partial charge in [-0.1, -0.05) is 16.8 Å². The maximum absolute atomic E-state index is 8.92. The highest BCUT2D eigenvalue weighted by molar-refractivity contribution is 6.30. The van der Waals surface area contributed by atoms with Crippen LogP contribution in [0.1, 0.15) is 11.3 Å². The third kappa shape index (κ3) is 2.33. The molecule has 0 aliphatic rings. The summed E-state index contributed by atoms with van der Waals surface area (Å²) < 4.78 is 4.70. The summed E-state index contributed by atoms with van der Waals surface area (Å²) in [7, 11) is 0. The van der Waals surface area contributed by atoms with Gasteiger partial charge in [0, 0.05) is 11.1 Å². The Hall–Kier alpha value is -1.99. The maximum atomic E-state index is 8.92. The molecule has 16 heavy (non-hydrogen) atoms. The highest BCUT2D eigenvalue weighted by atomic mass is 35.5. The highest BCUT2D eigenvalue weighted by Gasteiger charge is 2.03. The molecule has 1 heterocycles. The van der Waals surface area contributed by atoms with Crippen molar-refractivity contribution in [3.8, 4) is 6.07 Å². The summed E-state index contributed by atoms with van der Waals surface area (Å²) >= 11 is 5.79. The number of nitrogens with one attached hydrogen (secondary N) is 1. The Labute approximate surface area is 97.4 Å². The van der Waals surface area contributed by atoms with Gasteiger partial charge in [0.25, 0.3) is 0 Å². The fraction of sp³-hybridized carbons (Fsp3) is 0.0909. The van der Waals surface area contributed by atoms with Gasteiger partial charge in [-0.2, -0.15) is 5.26 Å². The summed E-state index contributed by atoms with van der Waals surface area (Å²) in [5.74, 6) is 0. The first kappa shape index (κ1) is 10.5. The Bertz CT molecular complexity index is 517. The Morgan fingerprint density at radius 2 is 2.31 bits per heavy atom. The van der Waals surface area contributed by atoms with Crippen LogP contribution in [0.2, 0.25) is 5.02 Å². The molecule has 80 valence electrons. The molecule has 0 bridgehead atoms. The van der Waals surface area contributed by atoms with Gasteiger partial charge in [0.15, 0.2) is 0 Å². The van der Waals surface area contributed by atoms with Crippen LogP contribution in [0.15, 0.2) is 35.1 Å². The zero-order valence-corrected chi connectivity index (χ0v) is 9.03. The minimum Gasteiger partial charge on any atom is -0.378 e. The molecule has 0 amide bonds. The van der Waals surface area contributed by atoms with Gasteiger partial charge in [-0.05, 0) is 18.2 Å². The lowest BCUT2D eigenvalue weighted by Crippen LogP contribution is -2.01. The fourth-order valence-electron chi connectivity index (χ4n) is 1.28. The highest BCUT2D eigenvalue weighted by Crippen LogP contribution is 2.20. The second-order valence-corrected chi connectivity index (χ2v) is 3.58. The van der Waals surface area contributed by atoms with Crippen molar-refractivity contribution >= 4 is 17.3 Å². The van der Waals surface area contributed by atoms with Gasteiger partial charge in [-0.25, -0.2) is 0 Å². The van der Waals surface area contributed by atoms with E-state index in [2.05, 4.69) is 16.5 Å². The largest absolute Gasteiger partial charge is 0.378 e. The van der Waals surface area contributed by atoms with E-state index in [-0.39, 0.29) is 0 Å². The molecule has 4 nitrogen and oxygen atoms in total. The molecule has 0 fully saturated rings. The average Bonchev–Trinajstić information content (AvgIpc) is 2.80. The van der Waals surface area contributed by atoms with Crippen molar-refractivity contribution in [2.24, 2.45) is 0 Å². The lowest BCUT2D eigenvalue weighted by atomic mass is 10.2. The molecule has 0 spiro atoms. The molecule has 0 saturated heterocycles. The second-order valence-electron chi connectivity index (χ2n) is 3.15. The van der Waals surface area contributed by atoms with Crippen LogP contribution in [0.5, 0.6) is 0 Å². The third-order valence-electron chi connectivity index (χ3n) is 2.05. The number of nitrogens with zero attached hydrogens (tertiary/aromatic N) is 2. The van der Waals surface area contributed by atoms with Crippen LogP contribution in [-0.2, 0) is 6.54 Å². The Morgan fingerprint density at radius 1 is 1.44 bits per heavy atom. The molecule has 0 radical (unpaired) electrons. The van der Waals surface area contributed by atoms with E-state index in [1.807, 2.05) is 0 Å². The van der Waals surface area contributed by atoms with Crippen LogP contribution in [0.25, 0.3) is 0 Å².